The molecule has 0 unspecified atom stereocenters. The monoisotopic (exact) mass is 362 g/mol. The highest BCUT2D eigenvalue weighted by Crippen LogP contribution is 2.22. The fraction of sp³-hybridized carbons (Fsp3) is 0.0400. The molecule has 3 aromatic carbocycles. The zero-order chi connectivity index (χ0) is 19.3. The number of pyridine rings is 1. The first-order valence-corrected chi connectivity index (χ1v) is 8.99. The van der Waals surface area contributed by atoms with Gasteiger partial charge in [-0.15, -0.1) is 0 Å². The molecule has 0 saturated carbocycles. The highest BCUT2D eigenvalue weighted by atomic mass is 16.5. The Kier molecular flexibility index (Phi) is 4.86. The average Bonchev–Trinajstić information content (AvgIpc) is 2.77. The van der Waals surface area contributed by atoms with Crippen molar-refractivity contribution in [2.75, 3.05) is 7.11 Å². The predicted octanol–water partition coefficient (Wildman–Crippen LogP) is 5.95. The van der Waals surface area contributed by atoms with Crippen LogP contribution in [0.2, 0.25) is 0 Å². The van der Waals surface area contributed by atoms with Crippen LogP contribution in [0, 0.1) is 11.3 Å². The lowest BCUT2D eigenvalue weighted by atomic mass is 10.0. The Hall–Kier alpha value is -3.90. The Morgan fingerprint density at radius 2 is 1.54 bits per heavy atom. The van der Waals surface area contributed by atoms with Crippen molar-refractivity contribution in [1.29, 1.82) is 5.26 Å². The van der Waals surface area contributed by atoms with Crippen molar-refractivity contribution in [3.05, 3.63) is 95.7 Å². The molecule has 0 aliphatic rings. The van der Waals surface area contributed by atoms with Crippen molar-refractivity contribution >= 4 is 23.1 Å². The van der Waals surface area contributed by atoms with Gasteiger partial charge < -0.3 is 4.74 Å². The summed E-state index contributed by atoms with van der Waals surface area (Å²) in [5, 5.41) is 9.96. The van der Waals surface area contributed by atoms with E-state index >= 15 is 0 Å². The number of hydrogen-bond acceptors (Lipinski definition) is 3. The van der Waals surface area contributed by atoms with Gasteiger partial charge in [-0.05, 0) is 59.2 Å². The molecule has 0 atom stereocenters. The van der Waals surface area contributed by atoms with Gasteiger partial charge in [-0.1, -0.05) is 48.5 Å². The van der Waals surface area contributed by atoms with E-state index < -0.39 is 0 Å². The third-order valence-electron chi connectivity index (χ3n) is 4.62. The zero-order valence-electron chi connectivity index (χ0n) is 15.5. The first-order chi connectivity index (χ1) is 13.7. The summed E-state index contributed by atoms with van der Waals surface area (Å²) >= 11 is 0. The zero-order valence-corrected chi connectivity index (χ0v) is 15.5. The summed E-state index contributed by atoms with van der Waals surface area (Å²) in [6.07, 6.45) is 4.07. The Bertz CT molecular complexity index is 1180. The number of nitrogens with zero attached hydrogens (tertiary/aromatic N) is 2. The first kappa shape index (κ1) is 17.5. The van der Waals surface area contributed by atoms with E-state index in [0.29, 0.717) is 5.56 Å². The molecule has 0 N–H and O–H groups in total. The van der Waals surface area contributed by atoms with Gasteiger partial charge in [-0.3, -0.25) is 0 Å². The van der Waals surface area contributed by atoms with Crippen LogP contribution in [0.4, 0.5) is 0 Å². The van der Waals surface area contributed by atoms with Crippen LogP contribution in [0.15, 0.2) is 78.9 Å². The second kappa shape index (κ2) is 7.77. The molecular formula is C25H18N2O. The third kappa shape index (κ3) is 3.77. The van der Waals surface area contributed by atoms with E-state index in [9.17, 15) is 0 Å². The van der Waals surface area contributed by atoms with E-state index in [1.165, 1.54) is 0 Å². The number of methoxy groups -OCH3 is 1. The van der Waals surface area contributed by atoms with Crippen LogP contribution in [0.1, 0.15) is 16.8 Å². The van der Waals surface area contributed by atoms with Gasteiger partial charge in [-0.25, -0.2) is 4.98 Å². The van der Waals surface area contributed by atoms with E-state index in [4.69, 9.17) is 10.00 Å². The lowest BCUT2D eigenvalue weighted by Gasteiger charge is -2.03. The molecule has 3 nitrogen and oxygen atoms in total. The summed E-state index contributed by atoms with van der Waals surface area (Å²) < 4.78 is 5.25. The van der Waals surface area contributed by atoms with E-state index in [1.54, 1.807) is 7.11 Å². The van der Waals surface area contributed by atoms with Gasteiger partial charge in [0.1, 0.15) is 5.75 Å². The number of aromatic nitrogens is 1. The van der Waals surface area contributed by atoms with E-state index in [0.717, 1.165) is 39.0 Å². The molecule has 134 valence electrons. The maximum atomic E-state index is 8.90. The third-order valence-corrected chi connectivity index (χ3v) is 4.62. The van der Waals surface area contributed by atoms with Crippen molar-refractivity contribution in [2.45, 2.75) is 0 Å². The Morgan fingerprint density at radius 3 is 2.21 bits per heavy atom. The van der Waals surface area contributed by atoms with Gasteiger partial charge in [0, 0.05) is 5.39 Å². The number of nitriles is 1. The van der Waals surface area contributed by atoms with Crippen LogP contribution >= 0.6 is 0 Å². The summed E-state index contributed by atoms with van der Waals surface area (Å²) in [7, 11) is 1.67. The number of fused-ring (bicyclic) bond motifs is 1. The van der Waals surface area contributed by atoms with Gasteiger partial charge in [-0.2, -0.15) is 5.26 Å². The molecule has 1 aromatic heterocycles. The summed E-state index contributed by atoms with van der Waals surface area (Å²) in [4.78, 5) is 4.68. The van der Waals surface area contributed by atoms with E-state index in [1.807, 2.05) is 54.6 Å². The second-order valence-electron chi connectivity index (χ2n) is 6.44. The van der Waals surface area contributed by atoms with E-state index in [-0.39, 0.29) is 0 Å². The summed E-state index contributed by atoms with van der Waals surface area (Å²) in [6, 6.07) is 28.0. The molecule has 0 aliphatic heterocycles. The maximum Gasteiger partial charge on any atom is 0.119 e. The highest BCUT2D eigenvalue weighted by Gasteiger charge is 2.00. The number of benzene rings is 3. The predicted molar refractivity (Wildman–Crippen MR) is 114 cm³/mol. The molecule has 0 saturated heterocycles. The van der Waals surface area contributed by atoms with Crippen molar-refractivity contribution in [1.82, 2.24) is 4.98 Å². The van der Waals surface area contributed by atoms with Crippen LogP contribution < -0.4 is 4.74 Å². The fourth-order valence-electron chi connectivity index (χ4n) is 3.04. The summed E-state index contributed by atoms with van der Waals surface area (Å²) in [5.74, 6) is 0.833. The SMILES string of the molecule is COc1ccc2nc(/C=C/c3ccc(-c4ccc(C#N)cc4)cc3)ccc2c1. The second-order valence-corrected chi connectivity index (χ2v) is 6.44. The lowest BCUT2D eigenvalue weighted by molar-refractivity contribution is 0.415. The molecule has 0 fully saturated rings. The molecule has 1 heterocycles. The average molecular weight is 362 g/mol. The largest absolute Gasteiger partial charge is 0.497 e. The smallest absolute Gasteiger partial charge is 0.119 e. The topological polar surface area (TPSA) is 45.9 Å². The Morgan fingerprint density at radius 1 is 0.821 bits per heavy atom. The number of ether oxygens (including phenoxy) is 1. The van der Waals surface area contributed by atoms with Gasteiger partial charge in [0.05, 0.1) is 30.0 Å². The number of rotatable bonds is 4. The van der Waals surface area contributed by atoms with Crippen molar-refractivity contribution < 1.29 is 4.74 Å². The minimum absolute atomic E-state index is 0.671. The van der Waals surface area contributed by atoms with E-state index in [2.05, 4.69) is 47.5 Å². The standard InChI is InChI=1S/C25H18N2O/c1-28-24-14-15-25-22(16-24)11-13-23(27-25)12-6-18-2-7-20(8-3-18)21-9-4-19(17-26)5-10-21/h2-16H,1H3/b12-6+. The van der Waals surface area contributed by atoms with Crippen molar-refractivity contribution in [3.8, 4) is 22.9 Å². The first-order valence-electron chi connectivity index (χ1n) is 8.99. The van der Waals surface area contributed by atoms with Crippen molar-refractivity contribution in [2.24, 2.45) is 0 Å². The highest BCUT2D eigenvalue weighted by molar-refractivity contribution is 5.82. The Balaban J connectivity index is 1.52. The fourth-order valence-corrected chi connectivity index (χ4v) is 3.04. The molecule has 4 rings (SSSR count). The molecular weight excluding hydrogens is 344 g/mol. The molecule has 0 amide bonds. The van der Waals surface area contributed by atoms with Crippen LogP contribution in [-0.4, -0.2) is 12.1 Å². The molecule has 0 spiro atoms. The van der Waals surface area contributed by atoms with Gasteiger partial charge in [0.2, 0.25) is 0 Å². The maximum absolute atomic E-state index is 8.90. The molecule has 0 bridgehead atoms. The molecule has 0 radical (unpaired) electrons. The van der Waals surface area contributed by atoms with Gasteiger partial charge in [0.25, 0.3) is 0 Å². The minimum Gasteiger partial charge on any atom is -0.497 e. The normalized spacial score (nSPS) is 10.9. The van der Waals surface area contributed by atoms with Crippen LogP contribution in [-0.2, 0) is 0 Å². The minimum atomic E-state index is 0.671. The van der Waals surface area contributed by atoms with Gasteiger partial charge in [0.15, 0.2) is 0 Å². The van der Waals surface area contributed by atoms with Crippen LogP contribution in [0.3, 0.4) is 0 Å². The Labute approximate surface area is 164 Å². The molecule has 4 aromatic rings. The lowest BCUT2D eigenvalue weighted by Crippen LogP contribution is -1.86. The van der Waals surface area contributed by atoms with Crippen molar-refractivity contribution in [3.63, 3.8) is 0 Å². The van der Waals surface area contributed by atoms with Crippen LogP contribution in [0.5, 0.6) is 5.75 Å². The number of hydrogen-bond donors (Lipinski definition) is 0. The summed E-state index contributed by atoms with van der Waals surface area (Å²) in [6.45, 7) is 0. The van der Waals surface area contributed by atoms with Crippen LogP contribution in [0.25, 0.3) is 34.2 Å². The molecule has 0 aliphatic carbocycles. The van der Waals surface area contributed by atoms with Gasteiger partial charge >= 0.3 is 0 Å². The molecule has 3 heteroatoms. The molecule has 28 heavy (non-hydrogen) atoms. The summed E-state index contributed by atoms with van der Waals surface area (Å²) in [5.41, 5.74) is 5.85. The quantitative estimate of drug-likeness (QED) is 0.450.